The predicted molar refractivity (Wildman–Crippen MR) is 65.4 cm³/mol. The van der Waals surface area contributed by atoms with E-state index in [4.69, 9.17) is 4.74 Å². The predicted octanol–water partition coefficient (Wildman–Crippen LogP) is 1.01. The summed E-state index contributed by atoms with van der Waals surface area (Å²) in [6.45, 7) is 2.36. The van der Waals surface area contributed by atoms with Gasteiger partial charge in [0.15, 0.2) is 0 Å². The Kier molecular flexibility index (Phi) is 3.68. The van der Waals surface area contributed by atoms with E-state index in [0.29, 0.717) is 13.0 Å². The van der Waals surface area contributed by atoms with Gasteiger partial charge in [-0.25, -0.2) is 12.7 Å². The number of carbonyl (C=O) groups is 1. The van der Waals surface area contributed by atoms with E-state index < -0.39 is 22.0 Å². The zero-order valence-corrected chi connectivity index (χ0v) is 10.9. The fourth-order valence-electron chi connectivity index (χ4n) is 1.94. The number of hydrogen-bond donors (Lipinski definition) is 0. The number of carbonyl (C=O) groups excluding carboxylic acids is 1. The molecule has 5 nitrogen and oxygen atoms in total. The molecule has 0 aliphatic carbocycles. The van der Waals surface area contributed by atoms with E-state index in [-0.39, 0.29) is 11.4 Å². The molecule has 1 aromatic carbocycles. The molecule has 0 bridgehead atoms. The summed E-state index contributed by atoms with van der Waals surface area (Å²) >= 11 is 0. The molecule has 1 saturated heterocycles. The van der Waals surface area contributed by atoms with Crippen molar-refractivity contribution in [1.82, 2.24) is 4.31 Å². The number of amides is 1. The number of benzene rings is 1. The van der Waals surface area contributed by atoms with Crippen molar-refractivity contribution < 1.29 is 17.9 Å². The maximum atomic E-state index is 12.2. The molecule has 0 N–H and O–H groups in total. The van der Waals surface area contributed by atoms with Gasteiger partial charge in [0.2, 0.25) is 0 Å². The molecule has 0 spiro atoms. The van der Waals surface area contributed by atoms with Crippen molar-refractivity contribution in [3.05, 3.63) is 30.3 Å². The van der Waals surface area contributed by atoms with Crippen molar-refractivity contribution in [2.75, 3.05) is 13.2 Å². The standard InChI is InChI=1S/C12H15NO4S/c1-2-17-11-8-9-13(12(11)14)18(15,16)10-6-4-3-5-7-10/h3-7,11H,2,8-9H2,1H3. The van der Waals surface area contributed by atoms with Gasteiger partial charge in [-0.3, -0.25) is 4.79 Å². The normalized spacial score (nSPS) is 20.4. The summed E-state index contributed by atoms with van der Waals surface area (Å²) in [6, 6.07) is 7.96. The van der Waals surface area contributed by atoms with E-state index >= 15 is 0 Å². The number of nitrogens with zero attached hydrogens (tertiary/aromatic N) is 1. The van der Waals surface area contributed by atoms with Crippen LogP contribution in [0.25, 0.3) is 0 Å². The Morgan fingerprint density at radius 2 is 2.00 bits per heavy atom. The van der Waals surface area contributed by atoms with Crippen molar-refractivity contribution in [2.24, 2.45) is 0 Å². The smallest absolute Gasteiger partial charge is 0.266 e. The van der Waals surface area contributed by atoms with Crippen LogP contribution in [0, 0.1) is 0 Å². The Bertz CT molecular complexity index is 526. The lowest BCUT2D eigenvalue weighted by molar-refractivity contribution is -0.133. The summed E-state index contributed by atoms with van der Waals surface area (Å²) < 4.78 is 30.6. The molecule has 1 aliphatic heterocycles. The second-order valence-corrected chi connectivity index (χ2v) is 5.82. The number of hydrogen-bond acceptors (Lipinski definition) is 4. The monoisotopic (exact) mass is 269 g/mol. The number of sulfonamides is 1. The second-order valence-electron chi connectivity index (χ2n) is 3.96. The zero-order valence-electron chi connectivity index (χ0n) is 10.1. The Hall–Kier alpha value is -1.40. The van der Waals surface area contributed by atoms with E-state index in [1.165, 1.54) is 12.1 Å². The first-order chi connectivity index (χ1) is 8.57. The average Bonchev–Trinajstić information content (AvgIpc) is 2.73. The van der Waals surface area contributed by atoms with Crippen LogP contribution in [0.5, 0.6) is 0 Å². The third-order valence-electron chi connectivity index (χ3n) is 2.81. The zero-order chi connectivity index (χ0) is 13.2. The van der Waals surface area contributed by atoms with Gasteiger partial charge in [0.25, 0.3) is 15.9 Å². The third kappa shape index (κ3) is 2.26. The van der Waals surface area contributed by atoms with Gasteiger partial charge in [-0.15, -0.1) is 0 Å². The molecule has 1 fully saturated rings. The van der Waals surface area contributed by atoms with Crippen LogP contribution in [0.3, 0.4) is 0 Å². The summed E-state index contributed by atoms with van der Waals surface area (Å²) in [5, 5.41) is 0. The summed E-state index contributed by atoms with van der Waals surface area (Å²) in [7, 11) is -3.74. The molecule has 1 atom stereocenters. The lowest BCUT2D eigenvalue weighted by atomic mass is 10.3. The quantitative estimate of drug-likeness (QED) is 0.818. The maximum Gasteiger partial charge on any atom is 0.266 e. The fourth-order valence-corrected chi connectivity index (χ4v) is 3.40. The minimum Gasteiger partial charge on any atom is -0.369 e. The van der Waals surface area contributed by atoms with Crippen molar-refractivity contribution in [2.45, 2.75) is 24.3 Å². The molecular formula is C12H15NO4S. The maximum absolute atomic E-state index is 12.2. The highest BCUT2D eigenvalue weighted by atomic mass is 32.2. The van der Waals surface area contributed by atoms with E-state index in [2.05, 4.69) is 0 Å². The molecule has 1 unspecified atom stereocenters. The van der Waals surface area contributed by atoms with Crippen LogP contribution in [0.1, 0.15) is 13.3 Å². The third-order valence-corrected chi connectivity index (χ3v) is 4.63. The van der Waals surface area contributed by atoms with Crippen molar-refractivity contribution in [3.63, 3.8) is 0 Å². The van der Waals surface area contributed by atoms with Gasteiger partial charge in [0.1, 0.15) is 6.10 Å². The van der Waals surface area contributed by atoms with Crippen molar-refractivity contribution in [3.8, 4) is 0 Å². The lowest BCUT2D eigenvalue weighted by Crippen LogP contribution is -2.35. The van der Waals surface area contributed by atoms with Gasteiger partial charge in [0, 0.05) is 19.6 Å². The first kappa shape index (κ1) is 13.0. The first-order valence-corrected chi connectivity index (χ1v) is 7.24. The van der Waals surface area contributed by atoms with Gasteiger partial charge < -0.3 is 4.74 Å². The number of rotatable bonds is 4. The van der Waals surface area contributed by atoms with Gasteiger partial charge in [-0.05, 0) is 19.1 Å². The summed E-state index contributed by atoms with van der Waals surface area (Å²) in [4.78, 5) is 12.1. The van der Waals surface area contributed by atoms with Crippen LogP contribution in [-0.2, 0) is 19.6 Å². The van der Waals surface area contributed by atoms with Crippen LogP contribution in [0.15, 0.2) is 35.2 Å². The van der Waals surface area contributed by atoms with Crippen molar-refractivity contribution >= 4 is 15.9 Å². The molecule has 1 aliphatic rings. The SMILES string of the molecule is CCOC1CCN(S(=O)(=O)c2ccccc2)C1=O. The van der Waals surface area contributed by atoms with Crippen LogP contribution in [0.2, 0.25) is 0 Å². The molecule has 0 radical (unpaired) electrons. The molecule has 0 aromatic heterocycles. The summed E-state index contributed by atoms with van der Waals surface area (Å²) in [5.74, 6) is -0.472. The highest BCUT2D eigenvalue weighted by molar-refractivity contribution is 7.89. The largest absolute Gasteiger partial charge is 0.369 e. The first-order valence-electron chi connectivity index (χ1n) is 5.80. The average molecular weight is 269 g/mol. The molecule has 98 valence electrons. The molecule has 1 amide bonds. The fraction of sp³-hybridized carbons (Fsp3) is 0.417. The highest BCUT2D eigenvalue weighted by Crippen LogP contribution is 2.23. The minimum absolute atomic E-state index is 0.135. The minimum atomic E-state index is -3.74. The highest BCUT2D eigenvalue weighted by Gasteiger charge is 2.39. The lowest BCUT2D eigenvalue weighted by Gasteiger charge is -2.16. The van der Waals surface area contributed by atoms with Crippen LogP contribution in [0.4, 0.5) is 0 Å². The van der Waals surface area contributed by atoms with Crippen LogP contribution >= 0.6 is 0 Å². The topological polar surface area (TPSA) is 63.7 Å². The Morgan fingerprint density at radius 3 is 2.61 bits per heavy atom. The molecule has 6 heteroatoms. The summed E-state index contributed by atoms with van der Waals surface area (Å²) in [5.41, 5.74) is 0. The van der Waals surface area contributed by atoms with Gasteiger partial charge in [-0.2, -0.15) is 0 Å². The van der Waals surface area contributed by atoms with Crippen LogP contribution in [-0.4, -0.2) is 37.9 Å². The van der Waals surface area contributed by atoms with Gasteiger partial charge in [-0.1, -0.05) is 18.2 Å². The Morgan fingerprint density at radius 1 is 1.33 bits per heavy atom. The molecule has 18 heavy (non-hydrogen) atoms. The van der Waals surface area contributed by atoms with E-state index in [9.17, 15) is 13.2 Å². The summed E-state index contributed by atoms with van der Waals surface area (Å²) in [6.07, 6.45) is -0.216. The molecular weight excluding hydrogens is 254 g/mol. The second kappa shape index (κ2) is 5.07. The Balaban J connectivity index is 2.25. The molecule has 1 aromatic rings. The van der Waals surface area contributed by atoms with E-state index in [1.807, 2.05) is 0 Å². The van der Waals surface area contributed by atoms with Crippen LogP contribution < -0.4 is 0 Å². The Labute approximate surface area is 106 Å². The van der Waals surface area contributed by atoms with Gasteiger partial charge >= 0.3 is 0 Å². The van der Waals surface area contributed by atoms with E-state index in [0.717, 1.165) is 4.31 Å². The number of ether oxygens (including phenoxy) is 1. The molecule has 0 saturated carbocycles. The molecule has 1 heterocycles. The van der Waals surface area contributed by atoms with Gasteiger partial charge in [0.05, 0.1) is 4.90 Å². The van der Waals surface area contributed by atoms with Crippen molar-refractivity contribution in [1.29, 1.82) is 0 Å². The molecule has 2 rings (SSSR count). The van der Waals surface area contributed by atoms with E-state index in [1.54, 1.807) is 25.1 Å².